The first-order valence-corrected chi connectivity index (χ1v) is 8.55. The second-order valence-corrected chi connectivity index (χ2v) is 7.49. The van der Waals surface area contributed by atoms with Crippen LogP contribution in [0.2, 0.25) is 0 Å². The Morgan fingerprint density at radius 1 is 1.16 bits per heavy atom. The summed E-state index contributed by atoms with van der Waals surface area (Å²) in [6.45, 7) is 6.41. The van der Waals surface area contributed by atoms with Crippen molar-refractivity contribution in [2.45, 2.75) is 26.2 Å². The molecule has 0 saturated carbocycles. The van der Waals surface area contributed by atoms with Gasteiger partial charge >= 0.3 is 11.9 Å². The normalized spacial score (nSPS) is 15.2. The molecule has 7 heteroatoms. The van der Waals surface area contributed by atoms with Crippen LogP contribution in [-0.2, 0) is 29.2 Å². The molecule has 0 aromatic heterocycles. The summed E-state index contributed by atoms with van der Waals surface area (Å²) in [5.41, 5.74) is 1.99. The molecule has 1 heterocycles. The smallest absolute Gasteiger partial charge is 0.355 e. The van der Waals surface area contributed by atoms with Crippen molar-refractivity contribution in [3.05, 3.63) is 39.5 Å². The Kier molecular flexibility index (Phi) is 5.90. The summed E-state index contributed by atoms with van der Waals surface area (Å²) in [7, 11) is 2.54. The van der Waals surface area contributed by atoms with Crippen molar-refractivity contribution in [2.75, 3.05) is 32.5 Å². The van der Waals surface area contributed by atoms with Crippen molar-refractivity contribution in [2.24, 2.45) is 0 Å². The van der Waals surface area contributed by atoms with Gasteiger partial charge in [0.25, 0.3) is 0 Å². The number of carbonyl (C=O) groups excluding carboxylic acids is 2. The van der Waals surface area contributed by atoms with Crippen LogP contribution in [0.25, 0.3) is 0 Å². The quantitative estimate of drug-likeness (QED) is 0.711. The SMILES string of the molecule is COC(=O)C1=C(C(=O)OC)N(c2cc(C(C)(C)C)ccc2Br)COC1. The first kappa shape index (κ1) is 19.5. The standard InChI is InChI=1S/C18H22BrNO5/c1-18(2,3)11-6-7-13(19)14(8-11)20-10-25-9-12(16(21)23-4)15(20)17(22)24-5/h6-8H,9-10H2,1-5H3. The topological polar surface area (TPSA) is 65.1 Å². The second-order valence-electron chi connectivity index (χ2n) is 6.63. The van der Waals surface area contributed by atoms with Crippen molar-refractivity contribution >= 4 is 33.6 Å². The highest BCUT2D eigenvalue weighted by molar-refractivity contribution is 9.10. The lowest BCUT2D eigenvalue weighted by Gasteiger charge is -2.33. The van der Waals surface area contributed by atoms with E-state index in [1.54, 1.807) is 4.90 Å². The molecule has 136 valence electrons. The molecule has 0 unspecified atom stereocenters. The fraction of sp³-hybridized carbons (Fsp3) is 0.444. The highest BCUT2D eigenvalue weighted by Gasteiger charge is 2.33. The third-order valence-corrected chi connectivity index (χ3v) is 4.61. The lowest BCUT2D eigenvalue weighted by Crippen LogP contribution is -2.39. The van der Waals surface area contributed by atoms with E-state index < -0.39 is 11.9 Å². The first-order valence-electron chi connectivity index (χ1n) is 7.75. The van der Waals surface area contributed by atoms with Crippen LogP contribution in [0, 0.1) is 0 Å². The highest BCUT2D eigenvalue weighted by atomic mass is 79.9. The van der Waals surface area contributed by atoms with E-state index in [0.717, 1.165) is 10.0 Å². The van der Waals surface area contributed by atoms with Crippen molar-refractivity contribution in [3.8, 4) is 0 Å². The molecule has 6 nitrogen and oxygen atoms in total. The molecule has 0 aliphatic carbocycles. The van der Waals surface area contributed by atoms with Gasteiger partial charge in [0.05, 0.1) is 32.1 Å². The molecule has 0 spiro atoms. The lowest BCUT2D eigenvalue weighted by molar-refractivity contribution is -0.140. The predicted molar refractivity (Wildman–Crippen MR) is 97.2 cm³/mol. The summed E-state index contributed by atoms with van der Waals surface area (Å²) >= 11 is 3.52. The summed E-state index contributed by atoms with van der Waals surface area (Å²) in [6.07, 6.45) is 0. The van der Waals surface area contributed by atoms with Crippen LogP contribution >= 0.6 is 15.9 Å². The lowest BCUT2D eigenvalue weighted by atomic mass is 9.87. The van der Waals surface area contributed by atoms with Crippen molar-refractivity contribution in [1.29, 1.82) is 0 Å². The van der Waals surface area contributed by atoms with Crippen LogP contribution < -0.4 is 4.90 Å². The maximum absolute atomic E-state index is 12.4. The second kappa shape index (κ2) is 7.58. The highest BCUT2D eigenvalue weighted by Crippen LogP contribution is 2.36. The van der Waals surface area contributed by atoms with E-state index >= 15 is 0 Å². The van der Waals surface area contributed by atoms with Gasteiger partial charge in [0.2, 0.25) is 0 Å². The number of benzene rings is 1. The zero-order valence-corrected chi connectivity index (χ0v) is 16.6. The van der Waals surface area contributed by atoms with Gasteiger partial charge in [-0.3, -0.25) is 0 Å². The van der Waals surface area contributed by atoms with E-state index in [1.165, 1.54) is 14.2 Å². The molecule has 0 atom stereocenters. The van der Waals surface area contributed by atoms with Crippen LogP contribution in [0.4, 0.5) is 5.69 Å². The van der Waals surface area contributed by atoms with Crippen LogP contribution in [0.15, 0.2) is 33.9 Å². The Balaban J connectivity index is 2.63. The average molecular weight is 412 g/mol. The molecule has 1 aliphatic rings. The molecule has 1 aromatic rings. The molecular weight excluding hydrogens is 390 g/mol. The van der Waals surface area contributed by atoms with Gasteiger partial charge in [-0.15, -0.1) is 0 Å². The molecule has 1 aliphatic heterocycles. The molecule has 0 amide bonds. The largest absolute Gasteiger partial charge is 0.466 e. The van der Waals surface area contributed by atoms with Crippen LogP contribution in [0.3, 0.4) is 0 Å². The molecule has 0 radical (unpaired) electrons. The Bertz CT molecular complexity index is 721. The third-order valence-electron chi connectivity index (χ3n) is 3.94. The van der Waals surface area contributed by atoms with Gasteiger partial charge in [-0.05, 0) is 39.0 Å². The van der Waals surface area contributed by atoms with Crippen molar-refractivity contribution in [3.63, 3.8) is 0 Å². The van der Waals surface area contributed by atoms with Gasteiger partial charge in [0.15, 0.2) is 0 Å². The number of halogens is 1. The number of methoxy groups -OCH3 is 2. The molecule has 2 rings (SSSR count). The van der Waals surface area contributed by atoms with E-state index in [4.69, 9.17) is 14.2 Å². The number of nitrogens with zero attached hydrogens (tertiary/aromatic N) is 1. The number of rotatable bonds is 3. The average Bonchev–Trinajstić information content (AvgIpc) is 2.59. The number of carbonyl (C=O) groups is 2. The Morgan fingerprint density at radius 2 is 1.80 bits per heavy atom. The van der Waals surface area contributed by atoms with Crippen LogP contribution in [0.5, 0.6) is 0 Å². The number of anilines is 1. The number of hydrogen-bond donors (Lipinski definition) is 0. The maximum Gasteiger partial charge on any atom is 0.355 e. The van der Waals surface area contributed by atoms with Crippen molar-refractivity contribution in [1.82, 2.24) is 0 Å². The Labute approximate surface area is 155 Å². The molecule has 0 saturated heterocycles. The van der Waals surface area contributed by atoms with E-state index in [-0.39, 0.29) is 30.0 Å². The van der Waals surface area contributed by atoms with Gasteiger partial charge < -0.3 is 19.1 Å². The molecule has 0 N–H and O–H groups in total. The zero-order chi connectivity index (χ0) is 18.8. The molecule has 0 fully saturated rings. The Morgan fingerprint density at radius 3 is 2.36 bits per heavy atom. The minimum Gasteiger partial charge on any atom is -0.466 e. The van der Waals surface area contributed by atoms with E-state index in [9.17, 15) is 9.59 Å². The van der Waals surface area contributed by atoms with Gasteiger partial charge in [-0.25, -0.2) is 9.59 Å². The zero-order valence-electron chi connectivity index (χ0n) is 15.0. The van der Waals surface area contributed by atoms with Crippen LogP contribution in [0.1, 0.15) is 26.3 Å². The monoisotopic (exact) mass is 411 g/mol. The van der Waals surface area contributed by atoms with Crippen LogP contribution in [-0.4, -0.2) is 39.5 Å². The van der Waals surface area contributed by atoms with Gasteiger partial charge in [0, 0.05) is 4.47 Å². The summed E-state index contributed by atoms with van der Waals surface area (Å²) in [6, 6.07) is 5.90. The van der Waals surface area contributed by atoms with E-state index in [1.807, 2.05) is 18.2 Å². The van der Waals surface area contributed by atoms with E-state index in [2.05, 4.69) is 36.7 Å². The molecule has 25 heavy (non-hydrogen) atoms. The minimum absolute atomic E-state index is 0.00973. The fourth-order valence-electron chi connectivity index (χ4n) is 2.52. The van der Waals surface area contributed by atoms with Gasteiger partial charge in [-0.1, -0.05) is 26.8 Å². The van der Waals surface area contributed by atoms with Crippen molar-refractivity contribution < 1.29 is 23.8 Å². The molecule has 1 aromatic carbocycles. The maximum atomic E-state index is 12.4. The predicted octanol–water partition coefficient (Wildman–Crippen LogP) is 3.14. The Hall–Kier alpha value is -1.86. The summed E-state index contributed by atoms with van der Waals surface area (Å²) in [4.78, 5) is 26.1. The number of ether oxygens (including phenoxy) is 3. The first-order chi connectivity index (χ1) is 11.7. The van der Waals surface area contributed by atoms with E-state index in [0.29, 0.717) is 5.69 Å². The number of hydrogen-bond acceptors (Lipinski definition) is 6. The minimum atomic E-state index is -0.617. The summed E-state index contributed by atoms with van der Waals surface area (Å²) < 4.78 is 16.0. The third kappa shape index (κ3) is 4.04. The van der Waals surface area contributed by atoms with Gasteiger partial charge in [0.1, 0.15) is 12.4 Å². The number of esters is 2. The van der Waals surface area contributed by atoms with Gasteiger partial charge in [-0.2, -0.15) is 0 Å². The summed E-state index contributed by atoms with van der Waals surface area (Å²) in [5, 5.41) is 0. The summed E-state index contributed by atoms with van der Waals surface area (Å²) in [5.74, 6) is -1.23. The molecular formula is C18H22BrNO5. The molecule has 0 bridgehead atoms. The fourth-order valence-corrected chi connectivity index (χ4v) is 2.98.